The lowest BCUT2D eigenvalue weighted by molar-refractivity contribution is -0.139. The first kappa shape index (κ1) is 22.3. The van der Waals surface area contributed by atoms with Crippen molar-refractivity contribution in [1.29, 1.82) is 0 Å². The highest BCUT2D eigenvalue weighted by atomic mass is 35.5. The molecule has 32 heavy (non-hydrogen) atoms. The summed E-state index contributed by atoms with van der Waals surface area (Å²) in [5.74, 6) is -1.11. The van der Waals surface area contributed by atoms with Crippen molar-refractivity contribution in [2.24, 2.45) is 11.3 Å². The van der Waals surface area contributed by atoms with E-state index in [2.05, 4.69) is 25.2 Å². The van der Waals surface area contributed by atoms with Gasteiger partial charge in [0.25, 0.3) is 0 Å². The number of fused-ring (bicyclic) bond motifs is 1. The predicted octanol–water partition coefficient (Wildman–Crippen LogP) is 5.59. The highest BCUT2D eigenvalue weighted by Gasteiger charge is 2.46. The van der Waals surface area contributed by atoms with E-state index in [1.165, 1.54) is 0 Å². The molecule has 0 spiro atoms. The van der Waals surface area contributed by atoms with Crippen LogP contribution in [0.2, 0.25) is 5.02 Å². The lowest BCUT2D eigenvalue weighted by Gasteiger charge is -2.41. The number of benzene rings is 2. The molecule has 0 fully saturated rings. The zero-order chi connectivity index (χ0) is 22.9. The first-order valence-corrected chi connectivity index (χ1v) is 11.3. The molecule has 0 aromatic heterocycles. The Morgan fingerprint density at radius 1 is 1.09 bits per heavy atom. The van der Waals surface area contributed by atoms with E-state index < -0.39 is 11.8 Å². The van der Waals surface area contributed by atoms with Gasteiger partial charge in [-0.3, -0.25) is 4.79 Å². The van der Waals surface area contributed by atoms with Gasteiger partial charge in [0.15, 0.2) is 0 Å². The van der Waals surface area contributed by atoms with E-state index in [4.69, 9.17) is 16.3 Å². The van der Waals surface area contributed by atoms with E-state index in [0.717, 1.165) is 22.5 Å². The van der Waals surface area contributed by atoms with Gasteiger partial charge in [-0.25, -0.2) is 4.79 Å². The third-order valence-electron chi connectivity index (χ3n) is 6.15. The van der Waals surface area contributed by atoms with Crippen molar-refractivity contribution in [2.45, 2.75) is 39.5 Å². The number of allylic oxidation sites excluding steroid dienone is 3. The predicted molar refractivity (Wildman–Crippen MR) is 126 cm³/mol. The second-order valence-electron chi connectivity index (χ2n) is 9.27. The molecule has 1 N–H and O–H groups in total. The summed E-state index contributed by atoms with van der Waals surface area (Å²) in [4.78, 5) is 26.6. The van der Waals surface area contributed by atoms with E-state index in [-0.39, 0.29) is 23.8 Å². The second kappa shape index (κ2) is 8.95. The van der Waals surface area contributed by atoms with Gasteiger partial charge in [-0.15, -0.1) is 0 Å². The average Bonchev–Trinajstić information content (AvgIpc) is 2.73. The molecule has 2 aromatic carbocycles. The van der Waals surface area contributed by atoms with Gasteiger partial charge in [-0.05, 0) is 35.6 Å². The summed E-state index contributed by atoms with van der Waals surface area (Å²) in [6.45, 7) is 6.26. The van der Waals surface area contributed by atoms with Gasteiger partial charge in [0.05, 0.1) is 18.1 Å². The Kier molecular flexibility index (Phi) is 6.25. The molecule has 0 saturated heterocycles. The zero-order valence-corrected chi connectivity index (χ0v) is 19.4. The molecule has 0 amide bonds. The number of esters is 1. The van der Waals surface area contributed by atoms with Crippen LogP contribution in [0.15, 0.2) is 77.6 Å². The van der Waals surface area contributed by atoms with Crippen LogP contribution in [-0.2, 0) is 20.7 Å². The summed E-state index contributed by atoms with van der Waals surface area (Å²) in [7, 11) is 0. The molecule has 2 unspecified atom stereocenters. The van der Waals surface area contributed by atoms with Crippen LogP contribution in [0.1, 0.15) is 44.2 Å². The molecule has 2 atom stereocenters. The van der Waals surface area contributed by atoms with Crippen molar-refractivity contribution in [3.05, 3.63) is 93.8 Å². The van der Waals surface area contributed by atoms with E-state index in [0.29, 0.717) is 23.4 Å². The molecule has 2 aliphatic rings. The molecule has 1 aliphatic carbocycles. The van der Waals surface area contributed by atoms with Gasteiger partial charge in [-0.2, -0.15) is 0 Å². The Morgan fingerprint density at radius 3 is 2.47 bits per heavy atom. The van der Waals surface area contributed by atoms with Crippen LogP contribution in [0, 0.1) is 11.3 Å². The number of nitrogens with one attached hydrogen (secondary N) is 1. The topological polar surface area (TPSA) is 55.4 Å². The van der Waals surface area contributed by atoms with Crippen LogP contribution in [0.4, 0.5) is 0 Å². The lowest BCUT2D eigenvalue weighted by atomic mass is 9.66. The molecule has 0 saturated carbocycles. The maximum Gasteiger partial charge on any atom is 0.336 e. The van der Waals surface area contributed by atoms with Gasteiger partial charge in [0.2, 0.25) is 0 Å². The van der Waals surface area contributed by atoms with E-state index in [9.17, 15) is 9.59 Å². The molecule has 2 aromatic rings. The smallest absolute Gasteiger partial charge is 0.336 e. The Labute approximate surface area is 194 Å². The number of rotatable bonds is 5. The molecular formula is C27H28ClNO3. The summed E-state index contributed by atoms with van der Waals surface area (Å²) >= 11 is 6.11. The Morgan fingerprint density at radius 2 is 1.78 bits per heavy atom. The van der Waals surface area contributed by atoms with Crippen LogP contribution in [0.25, 0.3) is 0 Å². The fourth-order valence-electron chi connectivity index (χ4n) is 4.75. The number of ether oxygens (including phenoxy) is 1. The third kappa shape index (κ3) is 4.66. The van der Waals surface area contributed by atoms with Gasteiger partial charge in [0, 0.05) is 35.2 Å². The molecule has 5 heteroatoms. The number of hydrogen-bond acceptors (Lipinski definition) is 4. The average molecular weight is 450 g/mol. The van der Waals surface area contributed by atoms with Crippen LogP contribution in [0.3, 0.4) is 0 Å². The maximum absolute atomic E-state index is 13.3. The quantitative estimate of drug-likeness (QED) is 0.605. The van der Waals surface area contributed by atoms with Crippen molar-refractivity contribution in [1.82, 2.24) is 5.32 Å². The summed E-state index contributed by atoms with van der Waals surface area (Å²) in [6.07, 6.45) is 3.20. The number of carbonyl (C=O) groups is 2. The number of halogens is 1. The molecule has 166 valence electrons. The number of ketones is 1. The number of carbonyl (C=O) groups excluding carboxylic acids is 2. The van der Waals surface area contributed by atoms with Gasteiger partial charge >= 0.3 is 5.97 Å². The Balaban J connectivity index is 1.67. The normalized spacial score (nSPS) is 22.0. The first-order chi connectivity index (χ1) is 15.2. The third-order valence-corrected chi connectivity index (χ3v) is 6.41. The standard InChI is InChI=1S/C27H28ClNO3/c1-17-23(26(31)32-14-13-18-7-5-4-6-8-18)24(19-9-11-20(28)12-10-19)25-21(29-17)15-27(2,3)16-22(25)30/h4-12,15,24-25,29H,13-14,16H2,1-3H3. The van der Waals surface area contributed by atoms with Crippen molar-refractivity contribution < 1.29 is 14.3 Å². The first-order valence-electron chi connectivity index (χ1n) is 10.9. The van der Waals surface area contributed by atoms with Crippen molar-refractivity contribution in [2.75, 3.05) is 6.61 Å². The molecule has 0 bridgehead atoms. The SMILES string of the molecule is CC1=C(C(=O)OCCc2ccccc2)C(c2ccc(Cl)cc2)C2C(=O)CC(C)(C)C=C2N1. The largest absolute Gasteiger partial charge is 0.462 e. The number of hydrogen-bond donors (Lipinski definition) is 1. The van der Waals surface area contributed by atoms with Crippen molar-refractivity contribution >= 4 is 23.4 Å². The van der Waals surface area contributed by atoms with Gasteiger partial charge in [0.1, 0.15) is 5.78 Å². The highest BCUT2D eigenvalue weighted by molar-refractivity contribution is 6.30. The van der Waals surface area contributed by atoms with Crippen molar-refractivity contribution in [3.8, 4) is 0 Å². The fraction of sp³-hybridized carbons (Fsp3) is 0.333. The van der Waals surface area contributed by atoms with Crippen LogP contribution in [0.5, 0.6) is 0 Å². The zero-order valence-electron chi connectivity index (χ0n) is 18.7. The summed E-state index contributed by atoms with van der Waals surface area (Å²) in [6, 6.07) is 17.3. The monoisotopic (exact) mass is 449 g/mol. The van der Waals surface area contributed by atoms with E-state index in [1.807, 2.05) is 49.4 Å². The maximum atomic E-state index is 13.3. The second-order valence-corrected chi connectivity index (χ2v) is 9.71. The molecule has 1 heterocycles. The molecule has 4 nitrogen and oxygen atoms in total. The lowest BCUT2D eigenvalue weighted by Crippen LogP contribution is -2.43. The Hall–Kier alpha value is -2.85. The number of Topliss-reactive ketones (excluding diaryl/α,β-unsaturated/α-hetero) is 1. The highest BCUT2D eigenvalue weighted by Crippen LogP contribution is 2.47. The van der Waals surface area contributed by atoms with E-state index in [1.54, 1.807) is 12.1 Å². The minimum absolute atomic E-state index is 0.127. The minimum atomic E-state index is -0.440. The summed E-state index contributed by atoms with van der Waals surface area (Å²) in [5, 5.41) is 3.96. The summed E-state index contributed by atoms with van der Waals surface area (Å²) in [5.41, 5.74) is 3.86. The summed E-state index contributed by atoms with van der Waals surface area (Å²) < 4.78 is 5.69. The minimum Gasteiger partial charge on any atom is -0.462 e. The van der Waals surface area contributed by atoms with E-state index >= 15 is 0 Å². The Bertz CT molecular complexity index is 1080. The van der Waals surface area contributed by atoms with Crippen molar-refractivity contribution in [3.63, 3.8) is 0 Å². The van der Waals surface area contributed by atoms with Crippen LogP contribution >= 0.6 is 11.6 Å². The van der Waals surface area contributed by atoms with Gasteiger partial charge in [-0.1, -0.05) is 74.0 Å². The van der Waals surface area contributed by atoms with Crippen LogP contribution < -0.4 is 5.32 Å². The molecule has 0 radical (unpaired) electrons. The fourth-order valence-corrected chi connectivity index (χ4v) is 4.88. The van der Waals surface area contributed by atoms with Gasteiger partial charge < -0.3 is 10.1 Å². The molecule has 1 aliphatic heterocycles. The molecule has 4 rings (SSSR count). The molecular weight excluding hydrogens is 422 g/mol. The van der Waals surface area contributed by atoms with Crippen LogP contribution in [-0.4, -0.2) is 18.4 Å².